The molecule has 2 bridgehead atoms. The monoisotopic (exact) mass is 379 g/mol. The van der Waals surface area contributed by atoms with E-state index in [1.807, 2.05) is 55.5 Å². The van der Waals surface area contributed by atoms with Crippen LogP contribution in [0.15, 0.2) is 72.8 Å². The molecule has 0 radical (unpaired) electrons. The minimum Gasteiger partial charge on any atom is -0.274 e. The van der Waals surface area contributed by atoms with Crippen LogP contribution in [0.4, 0.5) is 5.69 Å². The molecule has 142 valence electrons. The zero-order valence-electron chi connectivity index (χ0n) is 16.4. The Labute approximate surface area is 170 Å². The van der Waals surface area contributed by atoms with Gasteiger partial charge in [-0.3, -0.25) is 9.59 Å². The molecule has 4 aliphatic rings. The first-order chi connectivity index (χ1) is 14.0. The number of benzene rings is 3. The quantitative estimate of drug-likeness (QED) is 0.581. The number of hydrogen-bond acceptors (Lipinski definition) is 2. The Bertz CT molecular complexity index is 1160. The first-order valence-corrected chi connectivity index (χ1v) is 10.2. The second kappa shape index (κ2) is 5.44. The molecule has 0 aromatic heterocycles. The summed E-state index contributed by atoms with van der Waals surface area (Å²) in [7, 11) is 0. The number of anilines is 1. The van der Waals surface area contributed by atoms with Crippen LogP contribution >= 0.6 is 0 Å². The molecule has 1 heterocycles. The maximum Gasteiger partial charge on any atom is 0.238 e. The highest BCUT2D eigenvalue weighted by Crippen LogP contribution is 2.64. The van der Waals surface area contributed by atoms with Gasteiger partial charge in [0.1, 0.15) is 0 Å². The number of amides is 2. The van der Waals surface area contributed by atoms with E-state index in [9.17, 15) is 9.59 Å². The summed E-state index contributed by atoms with van der Waals surface area (Å²) in [5.74, 6) is -0.915. The van der Waals surface area contributed by atoms with Crippen LogP contribution in [-0.2, 0) is 15.0 Å². The molecule has 2 atom stereocenters. The normalized spacial score (nSPS) is 28.9. The predicted octanol–water partition coefficient (Wildman–Crippen LogP) is 4.57. The van der Waals surface area contributed by atoms with Crippen LogP contribution < -0.4 is 4.90 Å². The summed E-state index contributed by atoms with van der Waals surface area (Å²) in [4.78, 5) is 29.0. The third kappa shape index (κ3) is 1.84. The molecule has 1 saturated heterocycles. The van der Waals surface area contributed by atoms with E-state index in [1.54, 1.807) is 0 Å². The summed E-state index contributed by atoms with van der Waals surface area (Å²) in [5.41, 5.74) is 5.94. The summed E-state index contributed by atoms with van der Waals surface area (Å²) in [6.45, 7) is 4.11. The highest BCUT2D eigenvalue weighted by atomic mass is 16.2. The zero-order valence-corrected chi connectivity index (χ0v) is 16.4. The number of hydrogen-bond donors (Lipinski definition) is 0. The second-order valence-corrected chi connectivity index (χ2v) is 8.66. The van der Waals surface area contributed by atoms with Crippen LogP contribution in [-0.4, -0.2) is 11.8 Å². The maximum atomic E-state index is 13.8. The van der Waals surface area contributed by atoms with Gasteiger partial charge in [-0.1, -0.05) is 73.7 Å². The molecule has 3 nitrogen and oxygen atoms in total. The maximum absolute atomic E-state index is 13.8. The van der Waals surface area contributed by atoms with Crippen molar-refractivity contribution in [3.8, 4) is 0 Å². The van der Waals surface area contributed by atoms with Crippen molar-refractivity contribution in [3.05, 3.63) is 101 Å². The number of imide groups is 1. The van der Waals surface area contributed by atoms with E-state index in [0.717, 1.165) is 5.56 Å². The summed E-state index contributed by atoms with van der Waals surface area (Å²) in [6, 6.07) is 24.4. The molecule has 0 N–H and O–H groups in total. The first-order valence-electron chi connectivity index (χ1n) is 10.2. The third-order valence-electron chi connectivity index (χ3n) is 7.40. The van der Waals surface area contributed by atoms with Gasteiger partial charge in [-0.05, 0) is 40.8 Å². The fourth-order valence-corrected chi connectivity index (χ4v) is 6.20. The van der Waals surface area contributed by atoms with Crippen LogP contribution in [0.2, 0.25) is 0 Å². The van der Waals surface area contributed by atoms with Gasteiger partial charge in [-0.25, -0.2) is 4.90 Å². The third-order valence-corrected chi connectivity index (χ3v) is 7.40. The summed E-state index contributed by atoms with van der Waals surface area (Å²) in [5, 5.41) is 0. The number of carbonyl (C=O) groups is 2. The van der Waals surface area contributed by atoms with E-state index in [-0.39, 0.29) is 29.6 Å². The Kier molecular flexibility index (Phi) is 3.14. The van der Waals surface area contributed by atoms with Gasteiger partial charge in [0.15, 0.2) is 0 Å². The average molecular weight is 379 g/mol. The topological polar surface area (TPSA) is 37.4 Å². The molecule has 3 aromatic rings. The Morgan fingerprint density at radius 1 is 0.759 bits per heavy atom. The van der Waals surface area contributed by atoms with Crippen molar-refractivity contribution >= 4 is 17.5 Å². The lowest BCUT2D eigenvalue weighted by Gasteiger charge is -2.52. The van der Waals surface area contributed by atoms with Gasteiger partial charge in [0.25, 0.3) is 0 Å². The van der Waals surface area contributed by atoms with Crippen LogP contribution in [0.5, 0.6) is 0 Å². The predicted molar refractivity (Wildman–Crippen MR) is 112 cm³/mol. The fourth-order valence-electron chi connectivity index (χ4n) is 6.20. The van der Waals surface area contributed by atoms with Crippen LogP contribution in [0.1, 0.15) is 40.7 Å². The molecular formula is C26H21NO2. The molecular weight excluding hydrogens is 358 g/mol. The molecule has 3 heteroatoms. The van der Waals surface area contributed by atoms with Crippen molar-refractivity contribution in [2.45, 2.75) is 25.2 Å². The summed E-state index contributed by atoms with van der Waals surface area (Å²) in [6.07, 6.45) is 0. The Morgan fingerprint density at radius 3 is 1.93 bits per heavy atom. The fraction of sp³-hybridized carbons (Fsp3) is 0.231. The van der Waals surface area contributed by atoms with Crippen molar-refractivity contribution in [3.63, 3.8) is 0 Å². The van der Waals surface area contributed by atoms with Gasteiger partial charge in [0, 0.05) is 11.3 Å². The zero-order chi connectivity index (χ0) is 19.9. The standard InChI is InChI=1S/C26H21NO2/c1-15-9-3-8-14-20(15)27-24(28)22-21-16-10-4-6-12-18(16)26(2,23(22)25(27)29)19-13-7-5-11-17(19)21/h3-14,21-23H,1-2H3/t21?,22-,23?,26?/m1/s1. The number of nitrogens with zero attached hydrogens (tertiary/aromatic N) is 1. The van der Waals surface area contributed by atoms with E-state index < -0.39 is 5.41 Å². The minimum absolute atomic E-state index is 0.0606. The lowest BCUT2D eigenvalue weighted by molar-refractivity contribution is -0.123. The molecule has 3 aliphatic carbocycles. The molecule has 3 aromatic carbocycles. The van der Waals surface area contributed by atoms with Crippen LogP contribution in [0.25, 0.3) is 0 Å². The molecule has 2 amide bonds. The van der Waals surface area contributed by atoms with Gasteiger partial charge < -0.3 is 0 Å². The summed E-state index contributed by atoms with van der Waals surface area (Å²) < 4.78 is 0. The number of rotatable bonds is 1. The van der Waals surface area contributed by atoms with Crippen LogP contribution in [0, 0.1) is 18.8 Å². The van der Waals surface area contributed by atoms with Crippen molar-refractivity contribution in [1.29, 1.82) is 0 Å². The number of carbonyl (C=O) groups excluding carboxylic acids is 2. The molecule has 1 aliphatic heterocycles. The Balaban J connectivity index is 1.64. The Morgan fingerprint density at radius 2 is 1.31 bits per heavy atom. The lowest BCUT2D eigenvalue weighted by Crippen LogP contribution is -2.51. The van der Waals surface area contributed by atoms with E-state index in [2.05, 4.69) is 31.2 Å². The van der Waals surface area contributed by atoms with Gasteiger partial charge in [0.05, 0.1) is 17.5 Å². The van der Waals surface area contributed by atoms with Crippen molar-refractivity contribution in [2.75, 3.05) is 4.90 Å². The van der Waals surface area contributed by atoms with Crippen LogP contribution in [0.3, 0.4) is 0 Å². The Hall–Kier alpha value is -3.20. The molecule has 29 heavy (non-hydrogen) atoms. The highest BCUT2D eigenvalue weighted by molar-refractivity contribution is 6.24. The minimum atomic E-state index is -0.503. The van der Waals surface area contributed by atoms with Gasteiger partial charge in [-0.15, -0.1) is 0 Å². The van der Waals surface area contributed by atoms with Gasteiger partial charge >= 0.3 is 0 Å². The number of para-hydroxylation sites is 1. The summed E-state index contributed by atoms with van der Waals surface area (Å²) >= 11 is 0. The van der Waals surface area contributed by atoms with Crippen molar-refractivity contribution in [2.24, 2.45) is 11.8 Å². The molecule has 7 rings (SSSR count). The largest absolute Gasteiger partial charge is 0.274 e. The molecule has 1 unspecified atom stereocenters. The molecule has 1 fully saturated rings. The van der Waals surface area contributed by atoms with Gasteiger partial charge in [-0.2, -0.15) is 0 Å². The first kappa shape index (κ1) is 16.7. The van der Waals surface area contributed by atoms with E-state index in [0.29, 0.717) is 5.69 Å². The molecule has 0 saturated carbocycles. The van der Waals surface area contributed by atoms with Gasteiger partial charge in [0.2, 0.25) is 11.8 Å². The SMILES string of the molecule is Cc1ccccc1N1C(=O)C2[C@H](C1=O)C1c3ccccc3C2(C)c2ccccc21. The van der Waals surface area contributed by atoms with E-state index in [4.69, 9.17) is 0 Å². The van der Waals surface area contributed by atoms with E-state index >= 15 is 0 Å². The van der Waals surface area contributed by atoms with Crippen molar-refractivity contribution in [1.82, 2.24) is 0 Å². The molecule has 0 spiro atoms. The second-order valence-electron chi connectivity index (χ2n) is 8.66. The highest BCUT2D eigenvalue weighted by Gasteiger charge is 2.66. The van der Waals surface area contributed by atoms with E-state index in [1.165, 1.54) is 27.2 Å². The average Bonchev–Trinajstić information content (AvgIpc) is 3.01. The van der Waals surface area contributed by atoms with Crippen molar-refractivity contribution < 1.29 is 9.59 Å². The smallest absolute Gasteiger partial charge is 0.238 e. The number of aryl methyl sites for hydroxylation is 1. The lowest BCUT2D eigenvalue weighted by atomic mass is 9.48.